The minimum absolute atomic E-state index is 0.307. The van der Waals surface area contributed by atoms with E-state index < -0.39 is 0 Å². The van der Waals surface area contributed by atoms with Crippen LogP contribution in [0.1, 0.15) is 43.4 Å². The Morgan fingerprint density at radius 2 is 2.00 bits per heavy atom. The second kappa shape index (κ2) is 5.52. The zero-order chi connectivity index (χ0) is 12.3. The number of nitrogens with zero attached hydrogens (tertiary/aromatic N) is 1. The molecule has 1 unspecified atom stereocenters. The number of rotatable bonds is 3. The molecular formula is C14H22N2O. The molecule has 0 saturated carbocycles. The van der Waals surface area contributed by atoms with Gasteiger partial charge in [0.05, 0.1) is 0 Å². The van der Waals surface area contributed by atoms with Gasteiger partial charge in [-0.1, -0.05) is 12.5 Å². The third-order valence-electron chi connectivity index (χ3n) is 3.74. The highest BCUT2D eigenvalue weighted by atomic mass is 16.3. The molecule has 1 saturated heterocycles. The fraction of sp³-hybridized carbons (Fsp3) is 0.571. The Morgan fingerprint density at radius 3 is 2.65 bits per heavy atom. The SMILES string of the molecule is CC(c1ccc(O)c(CN)c1)N1CCCCC1. The number of nitrogens with two attached hydrogens (primary N) is 1. The lowest BCUT2D eigenvalue weighted by molar-refractivity contribution is 0.175. The van der Waals surface area contributed by atoms with Gasteiger partial charge in [0.1, 0.15) is 5.75 Å². The lowest BCUT2D eigenvalue weighted by Crippen LogP contribution is -2.32. The highest BCUT2D eigenvalue weighted by molar-refractivity contribution is 5.37. The molecule has 0 spiro atoms. The normalized spacial score (nSPS) is 19.2. The van der Waals surface area contributed by atoms with Gasteiger partial charge in [-0.25, -0.2) is 0 Å². The molecule has 3 heteroatoms. The first-order valence-corrected chi connectivity index (χ1v) is 6.48. The van der Waals surface area contributed by atoms with Crippen LogP contribution in [0, 0.1) is 0 Å². The average molecular weight is 234 g/mol. The second-order valence-corrected chi connectivity index (χ2v) is 4.86. The van der Waals surface area contributed by atoms with Gasteiger partial charge in [0.25, 0.3) is 0 Å². The smallest absolute Gasteiger partial charge is 0.120 e. The van der Waals surface area contributed by atoms with E-state index in [-0.39, 0.29) is 0 Å². The molecule has 3 nitrogen and oxygen atoms in total. The number of hydrogen-bond acceptors (Lipinski definition) is 3. The van der Waals surface area contributed by atoms with Crippen molar-refractivity contribution in [3.05, 3.63) is 29.3 Å². The number of likely N-dealkylation sites (tertiary alicyclic amines) is 1. The van der Waals surface area contributed by atoms with Crippen molar-refractivity contribution in [3.63, 3.8) is 0 Å². The van der Waals surface area contributed by atoms with Crippen molar-refractivity contribution >= 4 is 0 Å². The van der Waals surface area contributed by atoms with Crippen LogP contribution in [0.15, 0.2) is 18.2 Å². The first-order chi connectivity index (χ1) is 8.22. The van der Waals surface area contributed by atoms with Crippen molar-refractivity contribution in [3.8, 4) is 5.75 Å². The van der Waals surface area contributed by atoms with Gasteiger partial charge in [-0.05, 0) is 50.6 Å². The molecule has 1 aromatic rings. The number of benzene rings is 1. The largest absolute Gasteiger partial charge is 0.508 e. The number of aromatic hydroxyl groups is 1. The Kier molecular flexibility index (Phi) is 4.02. The summed E-state index contributed by atoms with van der Waals surface area (Å²) in [5.41, 5.74) is 7.72. The van der Waals surface area contributed by atoms with Crippen LogP contribution in [-0.2, 0) is 6.54 Å². The van der Waals surface area contributed by atoms with Gasteiger partial charge in [0, 0.05) is 18.2 Å². The predicted octanol–water partition coefficient (Wildman–Crippen LogP) is 2.40. The molecular weight excluding hydrogens is 212 g/mol. The first kappa shape index (κ1) is 12.4. The summed E-state index contributed by atoms with van der Waals surface area (Å²) in [6.07, 6.45) is 3.95. The molecule has 1 aliphatic rings. The molecule has 1 fully saturated rings. The van der Waals surface area contributed by atoms with E-state index in [0.717, 1.165) is 5.56 Å². The van der Waals surface area contributed by atoms with Gasteiger partial charge < -0.3 is 10.8 Å². The summed E-state index contributed by atoms with van der Waals surface area (Å²) in [7, 11) is 0. The van der Waals surface area contributed by atoms with Crippen LogP contribution < -0.4 is 5.73 Å². The molecule has 0 aromatic heterocycles. The van der Waals surface area contributed by atoms with Crippen LogP contribution in [0.2, 0.25) is 0 Å². The molecule has 0 bridgehead atoms. The fourth-order valence-corrected chi connectivity index (χ4v) is 2.55. The van der Waals surface area contributed by atoms with E-state index in [0.29, 0.717) is 18.3 Å². The number of hydrogen-bond donors (Lipinski definition) is 2. The number of piperidine rings is 1. The van der Waals surface area contributed by atoms with Crippen molar-refractivity contribution in [2.75, 3.05) is 13.1 Å². The van der Waals surface area contributed by atoms with Crippen LogP contribution in [0.25, 0.3) is 0 Å². The summed E-state index contributed by atoms with van der Waals surface area (Å²) < 4.78 is 0. The van der Waals surface area contributed by atoms with Crippen molar-refractivity contribution in [2.45, 2.75) is 38.8 Å². The average Bonchev–Trinajstić information content (AvgIpc) is 2.39. The summed E-state index contributed by atoms with van der Waals surface area (Å²) in [5.74, 6) is 0.307. The van der Waals surface area contributed by atoms with E-state index in [4.69, 9.17) is 5.73 Å². The molecule has 3 N–H and O–H groups in total. The van der Waals surface area contributed by atoms with Crippen LogP contribution in [-0.4, -0.2) is 23.1 Å². The molecule has 0 aliphatic carbocycles. The quantitative estimate of drug-likeness (QED) is 0.844. The Hall–Kier alpha value is -1.06. The third kappa shape index (κ3) is 2.79. The lowest BCUT2D eigenvalue weighted by Gasteiger charge is -2.32. The molecule has 2 rings (SSSR count). The molecule has 17 heavy (non-hydrogen) atoms. The summed E-state index contributed by atoms with van der Waals surface area (Å²) in [4.78, 5) is 2.51. The van der Waals surface area contributed by atoms with Gasteiger partial charge in [-0.15, -0.1) is 0 Å². The zero-order valence-corrected chi connectivity index (χ0v) is 10.5. The Labute approximate surface area is 103 Å². The summed E-state index contributed by atoms with van der Waals surface area (Å²) in [6.45, 7) is 4.99. The van der Waals surface area contributed by atoms with Crippen LogP contribution in [0.4, 0.5) is 0 Å². The minimum atomic E-state index is 0.307. The Balaban J connectivity index is 2.15. The molecule has 1 heterocycles. The van der Waals surface area contributed by atoms with Gasteiger partial charge in [-0.3, -0.25) is 4.90 Å². The van der Waals surface area contributed by atoms with E-state index in [1.54, 1.807) is 6.07 Å². The highest BCUT2D eigenvalue weighted by Crippen LogP contribution is 2.27. The molecule has 0 radical (unpaired) electrons. The van der Waals surface area contributed by atoms with Gasteiger partial charge in [0.15, 0.2) is 0 Å². The fourth-order valence-electron chi connectivity index (χ4n) is 2.55. The van der Waals surface area contributed by atoms with Crippen molar-refractivity contribution < 1.29 is 5.11 Å². The summed E-state index contributed by atoms with van der Waals surface area (Å²) >= 11 is 0. The summed E-state index contributed by atoms with van der Waals surface area (Å²) in [5, 5.41) is 9.63. The standard InChI is InChI=1S/C14H22N2O/c1-11(16-7-3-2-4-8-16)12-5-6-14(17)13(9-12)10-15/h5-6,9,11,17H,2-4,7-8,10,15H2,1H3. The zero-order valence-electron chi connectivity index (χ0n) is 10.5. The molecule has 1 aromatic carbocycles. The van der Waals surface area contributed by atoms with E-state index in [1.807, 2.05) is 12.1 Å². The lowest BCUT2D eigenvalue weighted by atomic mass is 10.0. The minimum Gasteiger partial charge on any atom is -0.508 e. The maximum atomic E-state index is 9.63. The maximum absolute atomic E-state index is 9.63. The third-order valence-corrected chi connectivity index (χ3v) is 3.74. The topological polar surface area (TPSA) is 49.5 Å². The first-order valence-electron chi connectivity index (χ1n) is 6.48. The van der Waals surface area contributed by atoms with Crippen LogP contribution in [0.5, 0.6) is 5.75 Å². The maximum Gasteiger partial charge on any atom is 0.120 e. The van der Waals surface area contributed by atoms with Gasteiger partial charge in [0.2, 0.25) is 0 Å². The highest BCUT2D eigenvalue weighted by Gasteiger charge is 2.18. The van der Waals surface area contributed by atoms with Crippen molar-refractivity contribution in [1.29, 1.82) is 0 Å². The van der Waals surface area contributed by atoms with Crippen LogP contribution in [0.3, 0.4) is 0 Å². The summed E-state index contributed by atoms with van der Waals surface area (Å²) in [6, 6.07) is 6.22. The van der Waals surface area contributed by atoms with E-state index in [2.05, 4.69) is 11.8 Å². The van der Waals surface area contributed by atoms with Crippen LogP contribution >= 0.6 is 0 Å². The number of phenolic OH excluding ortho intramolecular Hbond substituents is 1. The molecule has 0 amide bonds. The second-order valence-electron chi connectivity index (χ2n) is 4.86. The van der Waals surface area contributed by atoms with Gasteiger partial charge >= 0.3 is 0 Å². The predicted molar refractivity (Wildman–Crippen MR) is 69.8 cm³/mol. The van der Waals surface area contributed by atoms with Gasteiger partial charge in [-0.2, -0.15) is 0 Å². The van der Waals surface area contributed by atoms with E-state index in [1.165, 1.54) is 37.9 Å². The molecule has 94 valence electrons. The Morgan fingerprint density at radius 1 is 1.29 bits per heavy atom. The molecule has 1 aliphatic heterocycles. The van der Waals surface area contributed by atoms with E-state index in [9.17, 15) is 5.11 Å². The van der Waals surface area contributed by atoms with Crippen molar-refractivity contribution in [2.24, 2.45) is 5.73 Å². The Bertz CT molecular complexity index is 372. The monoisotopic (exact) mass is 234 g/mol. The molecule has 1 atom stereocenters. The van der Waals surface area contributed by atoms with Crippen molar-refractivity contribution in [1.82, 2.24) is 4.90 Å². The van der Waals surface area contributed by atoms with E-state index >= 15 is 0 Å². The number of phenols is 1.